The maximum absolute atomic E-state index is 12.1. The normalized spacial score (nSPS) is 16.1. The van der Waals surface area contributed by atoms with Gasteiger partial charge in [0.2, 0.25) is 0 Å². The first kappa shape index (κ1) is 12.1. The summed E-state index contributed by atoms with van der Waals surface area (Å²) in [7, 11) is 0. The summed E-state index contributed by atoms with van der Waals surface area (Å²) >= 11 is 0. The van der Waals surface area contributed by atoms with Crippen molar-refractivity contribution < 1.29 is 4.79 Å². The van der Waals surface area contributed by atoms with Crippen LogP contribution >= 0.6 is 0 Å². The highest BCUT2D eigenvalue weighted by atomic mass is 16.2. The third-order valence-corrected chi connectivity index (χ3v) is 3.49. The molecule has 1 amide bonds. The lowest BCUT2D eigenvalue weighted by Gasteiger charge is -2.38. The number of nitrogens with zero attached hydrogens (tertiary/aromatic N) is 2. The Morgan fingerprint density at radius 1 is 1.47 bits per heavy atom. The summed E-state index contributed by atoms with van der Waals surface area (Å²) in [5.41, 5.74) is 1.86. The number of likely N-dealkylation sites (tertiary alicyclic amines) is 1. The van der Waals surface area contributed by atoms with Crippen molar-refractivity contribution in [1.82, 2.24) is 9.88 Å². The Kier molecular flexibility index (Phi) is 3.46. The van der Waals surface area contributed by atoms with Gasteiger partial charge >= 0.3 is 0 Å². The highest BCUT2D eigenvalue weighted by Gasteiger charge is 2.29. The number of aromatic nitrogens is 1. The molecular weight excluding hydrogens is 212 g/mol. The molecule has 92 valence electrons. The van der Waals surface area contributed by atoms with Gasteiger partial charge in [-0.25, -0.2) is 0 Å². The molecular formula is C14H20N2O. The Hall–Kier alpha value is -1.38. The summed E-state index contributed by atoms with van der Waals surface area (Å²) in [5.74, 6) is 1.24. The van der Waals surface area contributed by atoms with Crippen LogP contribution in [0.3, 0.4) is 0 Å². The van der Waals surface area contributed by atoms with Gasteiger partial charge in [-0.2, -0.15) is 0 Å². The van der Waals surface area contributed by atoms with Crippen molar-refractivity contribution in [2.45, 2.75) is 33.1 Å². The van der Waals surface area contributed by atoms with Crippen molar-refractivity contribution in [2.24, 2.45) is 5.92 Å². The van der Waals surface area contributed by atoms with Crippen molar-refractivity contribution in [3.05, 3.63) is 29.6 Å². The zero-order chi connectivity index (χ0) is 12.4. The van der Waals surface area contributed by atoms with Crippen molar-refractivity contribution in [3.63, 3.8) is 0 Å². The molecule has 0 saturated carbocycles. The lowest BCUT2D eigenvalue weighted by molar-refractivity contribution is 0.0494. The number of pyridine rings is 1. The van der Waals surface area contributed by atoms with Crippen LogP contribution in [0.25, 0.3) is 0 Å². The van der Waals surface area contributed by atoms with Gasteiger partial charge in [0.05, 0.1) is 5.56 Å². The Morgan fingerprint density at radius 3 is 2.76 bits per heavy atom. The summed E-state index contributed by atoms with van der Waals surface area (Å²) in [4.78, 5) is 18.2. The SMILES string of the molecule is CCC1CN(C(=O)c2cncc(C(C)C)c2)C1. The average Bonchev–Trinajstić information content (AvgIpc) is 2.27. The van der Waals surface area contributed by atoms with Gasteiger partial charge in [-0.1, -0.05) is 20.8 Å². The van der Waals surface area contributed by atoms with E-state index in [1.165, 1.54) is 0 Å². The van der Waals surface area contributed by atoms with Crippen LogP contribution in [-0.4, -0.2) is 28.9 Å². The molecule has 0 aromatic carbocycles. The van der Waals surface area contributed by atoms with E-state index >= 15 is 0 Å². The van der Waals surface area contributed by atoms with Crippen molar-refractivity contribution in [2.75, 3.05) is 13.1 Å². The van der Waals surface area contributed by atoms with E-state index in [0.29, 0.717) is 11.8 Å². The molecule has 0 radical (unpaired) electrons. The minimum absolute atomic E-state index is 0.129. The standard InChI is InChI=1S/C14H20N2O/c1-4-11-8-16(9-11)14(17)13-5-12(10(2)3)6-15-7-13/h5-7,10-11H,4,8-9H2,1-3H3. The first-order valence-electron chi connectivity index (χ1n) is 6.36. The van der Waals surface area contributed by atoms with Crippen molar-refractivity contribution in [3.8, 4) is 0 Å². The van der Waals surface area contributed by atoms with Gasteiger partial charge in [0.15, 0.2) is 0 Å². The number of amides is 1. The van der Waals surface area contributed by atoms with Crippen LogP contribution in [0.15, 0.2) is 18.5 Å². The van der Waals surface area contributed by atoms with Gasteiger partial charge in [-0.3, -0.25) is 9.78 Å². The molecule has 0 atom stereocenters. The summed E-state index contributed by atoms with van der Waals surface area (Å²) in [5, 5.41) is 0. The van der Waals surface area contributed by atoms with Crippen LogP contribution in [-0.2, 0) is 0 Å². The molecule has 1 fully saturated rings. The molecule has 2 heterocycles. The fourth-order valence-electron chi connectivity index (χ4n) is 2.07. The fraction of sp³-hybridized carbons (Fsp3) is 0.571. The molecule has 0 spiro atoms. The topological polar surface area (TPSA) is 33.2 Å². The predicted octanol–water partition coefficient (Wildman–Crippen LogP) is 2.69. The summed E-state index contributed by atoms with van der Waals surface area (Å²) < 4.78 is 0. The van der Waals surface area contributed by atoms with Crippen LogP contribution in [0.1, 0.15) is 49.0 Å². The molecule has 3 heteroatoms. The van der Waals surface area contributed by atoms with E-state index in [9.17, 15) is 4.79 Å². The minimum Gasteiger partial charge on any atom is -0.338 e. The molecule has 1 aromatic rings. The second kappa shape index (κ2) is 4.86. The van der Waals surface area contributed by atoms with Gasteiger partial charge in [-0.05, 0) is 29.9 Å². The number of rotatable bonds is 3. The summed E-state index contributed by atoms with van der Waals surface area (Å²) in [6.07, 6.45) is 4.67. The van der Waals surface area contributed by atoms with Gasteiger partial charge in [0.25, 0.3) is 5.91 Å². The van der Waals surface area contributed by atoms with Gasteiger partial charge in [0.1, 0.15) is 0 Å². The van der Waals surface area contributed by atoms with Crippen molar-refractivity contribution in [1.29, 1.82) is 0 Å². The third-order valence-electron chi connectivity index (χ3n) is 3.49. The van der Waals surface area contributed by atoms with Gasteiger partial charge in [0, 0.05) is 25.5 Å². The lowest BCUT2D eigenvalue weighted by atomic mass is 9.96. The highest BCUT2D eigenvalue weighted by Crippen LogP contribution is 2.22. The Balaban J connectivity index is 2.07. The molecule has 2 rings (SSSR count). The van der Waals surface area contributed by atoms with E-state index in [4.69, 9.17) is 0 Å². The molecule has 0 bridgehead atoms. The van der Waals surface area contributed by atoms with E-state index in [-0.39, 0.29) is 5.91 Å². The largest absolute Gasteiger partial charge is 0.338 e. The lowest BCUT2D eigenvalue weighted by Crippen LogP contribution is -2.49. The monoisotopic (exact) mass is 232 g/mol. The fourth-order valence-corrected chi connectivity index (χ4v) is 2.07. The van der Waals surface area contributed by atoms with Crippen molar-refractivity contribution >= 4 is 5.91 Å². The van der Waals surface area contributed by atoms with E-state index < -0.39 is 0 Å². The third kappa shape index (κ3) is 2.48. The van der Waals surface area contributed by atoms with Crippen LogP contribution in [0.4, 0.5) is 0 Å². The predicted molar refractivity (Wildman–Crippen MR) is 68.0 cm³/mol. The molecule has 1 saturated heterocycles. The van der Waals surface area contributed by atoms with Crippen LogP contribution in [0.5, 0.6) is 0 Å². The number of carbonyl (C=O) groups is 1. The average molecular weight is 232 g/mol. The number of hydrogen-bond acceptors (Lipinski definition) is 2. The molecule has 1 aromatic heterocycles. The first-order chi connectivity index (χ1) is 8.11. The first-order valence-corrected chi connectivity index (χ1v) is 6.36. The summed E-state index contributed by atoms with van der Waals surface area (Å²) in [6.45, 7) is 8.21. The van der Waals surface area contributed by atoms with E-state index in [2.05, 4.69) is 25.8 Å². The van der Waals surface area contributed by atoms with E-state index in [1.807, 2.05) is 17.2 Å². The second-order valence-electron chi connectivity index (χ2n) is 5.15. The molecule has 0 unspecified atom stereocenters. The zero-order valence-corrected chi connectivity index (χ0v) is 10.8. The minimum atomic E-state index is 0.129. The number of hydrogen-bond donors (Lipinski definition) is 0. The van der Waals surface area contributed by atoms with Gasteiger partial charge < -0.3 is 4.90 Å². The molecule has 1 aliphatic heterocycles. The molecule has 17 heavy (non-hydrogen) atoms. The Bertz CT molecular complexity index is 408. The maximum Gasteiger partial charge on any atom is 0.255 e. The van der Waals surface area contributed by atoms with E-state index in [0.717, 1.165) is 30.6 Å². The van der Waals surface area contributed by atoms with Crippen LogP contribution in [0, 0.1) is 5.92 Å². The maximum atomic E-state index is 12.1. The van der Waals surface area contributed by atoms with E-state index in [1.54, 1.807) is 6.20 Å². The Labute approximate surface area is 103 Å². The quantitative estimate of drug-likeness (QED) is 0.802. The zero-order valence-electron chi connectivity index (χ0n) is 10.8. The smallest absolute Gasteiger partial charge is 0.255 e. The molecule has 0 N–H and O–H groups in total. The molecule has 3 nitrogen and oxygen atoms in total. The Morgan fingerprint density at radius 2 is 2.18 bits per heavy atom. The molecule has 0 aliphatic carbocycles. The molecule has 1 aliphatic rings. The summed E-state index contributed by atoms with van der Waals surface area (Å²) in [6, 6.07) is 1.97. The van der Waals surface area contributed by atoms with Crippen LogP contribution in [0.2, 0.25) is 0 Å². The highest BCUT2D eigenvalue weighted by molar-refractivity contribution is 5.94. The van der Waals surface area contributed by atoms with Crippen LogP contribution < -0.4 is 0 Å². The number of carbonyl (C=O) groups excluding carboxylic acids is 1. The van der Waals surface area contributed by atoms with Gasteiger partial charge in [-0.15, -0.1) is 0 Å². The second-order valence-corrected chi connectivity index (χ2v) is 5.15.